The fourth-order valence-corrected chi connectivity index (χ4v) is 2.82. The number of methoxy groups -OCH3 is 1. The molecule has 2 N–H and O–H groups in total. The van der Waals surface area contributed by atoms with E-state index in [4.69, 9.17) is 16.3 Å². The maximum Gasteiger partial charge on any atom is 0.337 e. The molecule has 1 amide bonds. The van der Waals surface area contributed by atoms with Crippen molar-refractivity contribution in [2.75, 3.05) is 12.1 Å². The van der Waals surface area contributed by atoms with Gasteiger partial charge in [0.15, 0.2) is 11.5 Å². The second-order valence-corrected chi connectivity index (χ2v) is 6.17. The van der Waals surface area contributed by atoms with Gasteiger partial charge in [0.05, 0.1) is 34.7 Å². The lowest BCUT2D eigenvalue weighted by molar-refractivity contribution is -0.114. The first kappa shape index (κ1) is 18.5. The Morgan fingerprint density at radius 1 is 1.26 bits per heavy atom. The number of aromatic carboxylic acids is 1. The highest BCUT2D eigenvalue weighted by atomic mass is 35.5. The molecule has 0 aromatic heterocycles. The van der Waals surface area contributed by atoms with Crippen LogP contribution in [-0.2, 0) is 4.79 Å². The second-order valence-electron chi connectivity index (χ2n) is 5.76. The van der Waals surface area contributed by atoms with E-state index >= 15 is 0 Å². The first-order valence-corrected chi connectivity index (χ1v) is 8.21. The van der Waals surface area contributed by atoms with Crippen LogP contribution in [0.25, 0.3) is 6.08 Å². The lowest BCUT2D eigenvalue weighted by Gasteiger charge is -2.13. The summed E-state index contributed by atoms with van der Waals surface area (Å²) in [6, 6.07) is 8.93. The number of amides is 1. The number of phenols is 1. The summed E-state index contributed by atoms with van der Waals surface area (Å²) in [6.07, 6.45) is 1.62. The molecule has 0 aliphatic carbocycles. The molecule has 2 aromatic carbocycles. The highest BCUT2D eigenvalue weighted by molar-refractivity contribution is 6.34. The first-order valence-electron chi connectivity index (χ1n) is 7.83. The molecule has 1 aliphatic heterocycles. The van der Waals surface area contributed by atoms with Crippen molar-refractivity contribution in [1.82, 2.24) is 0 Å². The molecule has 0 bridgehead atoms. The summed E-state index contributed by atoms with van der Waals surface area (Å²) < 4.78 is 5.07. The predicted octanol–water partition coefficient (Wildman–Crippen LogP) is 3.56. The summed E-state index contributed by atoms with van der Waals surface area (Å²) in [5.74, 6) is -1.32. The van der Waals surface area contributed by atoms with Crippen molar-refractivity contribution in [3.8, 4) is 11.5 Å². The van der Waals surface area contributed by atoms with Gasteiger partial charge in [-0.3, -0.25) is 4.79 Å². The van der Waals surface area contributed by atoms with E-state index in [1.807, 2.05) is 0 Å². The number of anilines is 1. The Kier molecular flexibility index (Phi) is 4.87. The molecule has 0 atom stereocenters. The monoisotopic (exact) mass is 386 g/mol. The van der Waals surface area contributed by atoms with Crippen molar-refractivity contribution in [1.29, 1.82) is 0 Å². The van der Waals surface area contributed by atoms with Crippen molar-refractivity contribution in [2.45, 2.75) is 6.92 Å². The summed E-state index contributed by atoms with van der Waals surface area (Å²) in [5, 5.41) is 24.3. The molecule has 2 aromatic rings. The Morgan fingerprint density at radius 3 is 2.67 bits per heavy atom. The molecule has 0 unspecified atom stereocenters. The van der Waals surface area contributed by atoms with Gasteiger partial charge in [-0.15, -0.1) is 0 Å². The molecule has 0 saturated carbocycles. The average Bonchev–Trinajstić information content (AvgIpc) is 2.91. The van der Waals surface area contributed by atoms with Gasteiger partial charge >= 0.3 is 5.97 Å². The van der Waals surface area contributed by atoms with Crippen molar-refractivity contribution >= 4 is 41.0 Å². The molecule has 1 heterocycles. The van der Waals surface area contributed by atoms with E-state index in [0.29, 0.717) is 22.5 Å². The Morgan fingerprint density at radius 2 is 2.00 bits per heavy atom. The molecule has 1 aliphatic rings. The van der Waals surface area contributed by atoms with Gasteiger partial charge in [-0.25, -0.2) is 4.79 Å². The minimum Gasteiger partial charge on any atom is -0.504 e. The summed E-state index contributed by atoms with van der Waals surface area (Å²) in [6.45, 7) is 1.68. The highest BCUT2D eigenvalue weighted by Crippen LogP contribution is 2.31. The number of halogens is 1. The number of rotatable bonds is 4. The molecule has 7 nitrogen and oxygen atoms in total. The maximum absolute atomic E-state index is 12.8. The van der Waals surface area contributed by atoms with Crippen molar-refractivity contribution in [2.24, 2.45) is 5.10 Å². The molecule has 0 spiro atoms. The number of hydrazone groups is 1. The van der Waals surface area contributed by atoms with Gasteiger partial charge in [0.25, 0.3) is 5.91 Å². The summed E-state index contributed by atoms with van der Waals surface area (Å²) >= 11 is 5.88. The van der Waals surface area contributed by atoms with Crippen LogP contribution in [0.4, 0.5) is 5.69 Å². The molecule has 27 heavy (non-hydrogen) atoms. The van der Waals surface area contributed by atoms with E-state index < -0.39 is 11.9 Å². The largest absolute Gasteiger partial charge is 0.504 e. The number of hydrogen-bond donors (Lipinski definition) is 2. The van der Waals surface area contributed by atoms with Gasteiger partial charge in [-0.2, -0.15) is 10.1 Å². The molecule has 0 saturated heterocycles. The molecule has 8 heteroatoms. The number of hydrogen-bond acceptors (Lipinski definition) is 5. The second kappa shape index (κ2) is 7.13. The van der Waals surface area contributed by atoms with Gasteiger partial charge in [0.2, 0.25) is 0 Å². The van der Waals surface area contributed by atoms with Crippen LogP contribution in [0.1, 0.15) is 22.8 Å². The van der Waals surface area contributed by atoms with Crippen LogP contribution in [0.2, 0.25) is 5.02 Å². The SMILES string of the molecule is COc1cc(/C=C2\C(=O)N(c3ccc(Cl)c(C(=O)O)c3)N=C2C)ccc1O. The topological polar surface area (TPSA) is 99.4 Å². The maximum atomic E-state index is 12.8. The molecule has 3 rings (SSSR count). The number of carbonyl (C=O) groups excluding carboxylic acids is 1. The van der Waals surface area contributed by atoms with Gasteiger partial charge in [-0.05, 0) is 48.9 Å². The van der Waals surface area contributed by atoms with Crippen LogP contribution in [0.15, 0.2) is 47.1 Å². The standard InChI is InChI=1S/C19H15ClN2O5/c1-10-13(7-11-3-6-16(23)17(8-11)27-2)18(24)22(21-10)12-4-5-15(20)14(9-12)19(25)26/h3-9,23H,1-2H3,(H,25,26)/b13-7-. The van der Waals surface area contributed by atoms with E-state index in [1.165, 1.54) is 31.4 Å². The van der Waals surface area contributed by atoms with E-state index in [9.17, 15) is 19.8 Å². The van der Waals surface area contributed by atoms with Gasteiger partial charge < -0.3 is 14.9 Å². The Hall–Kier alpha value is -3.32. The van der Waals surface area contributed by atoms with Crippen molar-refractivity contribution < 1.29 is 24.5 Å². The Balaban J connectivity index is 1.97. The number of carboxylic acids is 1. The van der Waals surface area contributed by atoms with E-state index in [1.54, 1.807) is 25.1 Å². The fourth-order valence-electron chi connectivity index (χ4n) is 2.62. The molecule has 0 fully saturated rings. The zero-order valence-electron chi connectivity index (χ0n) is 14.4. The third kappa shape index (κ3) is 3.50. The van der Waals surface area contributed by atoms with Gasteiger partial charge in [0, 0.05) is 0 Å². The molecular formula is C19H15ClN2O5. The zero-order chi connectivity index (χ0) is 19.7. The molecule has 138 valence electrons. The fraction of sp³-hybridized carbons (Fsp3) is 0.105. The minimum absolute atomic E-state index is 0.00761. The number of nitrogens with zero attached hydrogens (tertiary/aromatic N) is 2. The number of benzene rings is 2. The summed E-state index contributed by atoms with van der Waals surface area (Å²) in [7, 11) is 1.43. The van der Waals surface area contributed by atoms with Crippen molar-refractivity contribution in [3.05, 3.63) is 58.1 Å². The first-order chi connectivity index (χ1) is 12.8. The lowest BCUT2D eigenvalue weighted by Crippen LogP contribution is -2.21. The summed E-state index contributed by atoms with van der Waals surface area (Å²) in [5.41, 5.74) is 1.64. The number of ether oxygens (including phenoxy) is 1. The predicted molar refractivity (Wildman–Crippen MR) is 102 cm³/mol. The third-order valence-electron chi connectivity index (χ3n) is 4.00. The van der Waals surface area contributed by atoms with E-state index in [0.717, 1.165) is 5.01 Å². The lowest BCUT2D eigenvalue weighted by atomic mass is 10.1. The smallest absolute Gasteiger partial charge is 0.337 e. The quantitative estimate of drug-likeness (QED) is 0.782. The number of phenolic OH excluding ortho intramolecular Hbond substituents is 1. The van der Waals surface area contributed by atoms with Crippen LogP contribution in [-0.4, -0.2) is 34.9 Å². The van der Waals surface area contributed by atoms with E-state index in [-0.39, 0.29) is 22.1 Å². The van der Waals surface area contributed by atoms with E-state index in [2.05, 4.69) is 5.10 Å². The molecule has 0 radical (unpaired) electrons. The highest BCUT2D eigenvalue weighted by Gasteiger charge is 2.29. The minimum atomic E-state index is -1.19. The Bertz CT molecular complexity index is 1010. The third-order valence-corrected chi connectivity index (χ3v) is 4.33. The number of carboxylic acid groups (broad SMARTS) is 1. The zero-order valence-corrected chi connectivity index (χ0v) is 15.2. The molecular weight excluding hydrogens is 372 g/mol. The van der Waals surface area contributed by atoms with Crippen LogP contribution < -0.4 is 9.75 Å². The summed E-state index contributed by atoms with van der Waals surface area (Å²) in [4.78, 5) is 24.1. The van der Waals surface area contributed by atoms with Crippen LogP contribution in [0.3, 0.4) is 0 Å². The number of carbonyl (C=O) groups is 2. The average molecular weight is 387 g/mol. The Labute approximate surface area is 159 Å². The van der Waals surface area contributed by atoms with Crippen molar-refractivity contribution in [3.63, 3.8) is 0 Å². The van der Waals surface area contributed by atoms with Gasteiger partial charge in [-0.1, -0.05) is 17.7 Å². The van der Waals surface area contributed by atoms with Crippen LogP contribution in [0.5, 0.6) is 11.5 Å². The van der Waals surface area contributed by atoms with Crippen LogP contribution in [0, 0.1) is 0 Å². The normalized spacial score (nSPS) is 15.2. The number of aromatic hydroxyl groups is 1. The van der Waals surface area contributed by atoms with Crippen LogP contribution >= 0.6 is 11.6 Å². The van der Waals surface area contributed by atoms with Gasteiger partial charge in [0.1, 0.15) is 0 Å².